The lowest BCUT2D eigenvalue weighted by molar-refractivity contribution is -0.192. The molecule has 0 radical (unpaired) electrons. The number of carbonyl (C=O) groups is 2. The molecule has 1 unspecified atom stereocenters. The van der Waals surface area contributed by atoms with Crippen molar-refractivity contribution in [1.82, 2.24) is 9.62 Å². The van der Waals surface area contributed by atoms with Gasteiger partial charge in [0.05, 0.1) is 11.0 Å². The summed E-state index contributed by atoms with van der Waals surface area (Å²) in [5, 5.41) is 9.02. The molecule has 4 aromatic rings. The highest BCUT2D eigenvalue weighted by molar-refractivity contribution is 7.89. The van der Waals surface area contributed by atoms with E-state index in [9.17, 15) is 26.4 Å². The topological polar surface area (TPSA) is 139 Å². The third-order valence-corrected chi connectivity index (χ3v) is 11.2. The largest absolute Gasteiger partial charge is 0.490 e. The fraction of sp³-hybridized carbons (Fsp3) is 0.368. The number of sulfonamides is 1. The molecule has 0 aromatic heterocycles. The van der Waals surface area contributed by atoms with E-state index in [0.29, 0.717) is 41.1 Å². The fourth-order valence-electron chi connectivity index (χ4n) is 6.41. The van der Waals surface area contributed by atoms with Crippen LogP contribution in [0.15, 0.2) is 89.8 Å². The fourth-order valence-corrected chi connectivity index (χ4v) is 7.76. The summed E-state index contributed by atoms with van der Waals surface area (Å²) < 4.78 is 100. The van der Waals surface area contributed by atoms with Gasteiger partial charge in [0.1, 0.15) is 5.75 Å². The van der Waals surface area contributed by atoms with Gasteiger partial charge in [-0.2, -0.15) is 26.7 Å². The van der Waals surface area contributed by atoms with E-state index in [-0.39, 0.29) is 30.0 Å². The third-order valence-electron chi connectivity index (χ3n) is 9.53. The predicted molar refractivity (Wildman–Crippen MR) is 194 cm³/mol. The minimum atomic E-state index is -5.08. The van der Waals surface area contributed by atoms with Gasteiger partial charge in [-0.15, -0.1) is 0 Å². The first kappa shape index (κ1) is 40.9. The maximum Gasteiger partial charge on any atom is 0.490 e. The number of amides is 1. The zero-order chi connectivity index (χ0) is 39.3. The molecule has 2 aliphatic rings. The van der Waals surface area contributed by atoms with Crippen LogP contribution in [0.5, 0.6) is 5.75 Å². The maximum absolute atomic E-state index is 16.4. The number of hydrogen-bond acceptors (Lipinski definition) is 6. The monoisotopic (exact) mass is 795 g/mol. The van der Waals surface area contributed by atoms with Gasteiger partial charge in [-0.25, -0.2) is 13.2 Å². The van der Waals surface area contributed by atoms with Crippen LogP contribution < -0.4 is 15.2 Å². The molecule has 4 aromatic carbocycles. The summed E-state index contributed by atoms with van der Waals surface area (Å²) in [6.45, 7) is 0.863. The van der Waals surface area contributed by atoms with E-state index < -0.39 is 45.6 Å². The van der Waals surface area contributed by atoms with E-state index in [2.05, 4.69) is 4.72 Å². The molecule has 0 bridgehead atoms. The summed E-state index contributed by atoms with van der Waals surface area (Å²) in [6, 6.07) is 19.8. The van der Waals surface area contributed by atoms with Crippen molar-refractivity contribution < 1.29 is 49.8 Å². The van der Waals surface area contributed by atoms with Crippen molar-refractivity contribution in [3.8, 4) is 16.9 Å². The van der Waals surface area contributed by atoms with Crippen molar-refractivity contribution >= 4 is 44.3 Å². The molecule has 54 heavy (non-hydrogen) atoms. The second kappa shape index (κ2) is 17.0. The first-order chi connectivity index (χ1) is 25.5. The third kappa shape index (κ3) is 10.1. The lowest BCUT2D eigenvalue weighted by Crippen LogP contribution is -2.57. The van der Waals surface area contributed by atoms with Gasteiger partial charge < -0.3 is 20.5 Å². The van der Waals surface area contributed by atoms with Crippen molar-refractivity contribution in [2.24, 2.45) is 11.7 Å². The molecule has 1 aliphatic carbocycles. The van der Waals surface area contributed by atoms with E-state index in [1.54, 1.807) is 42.5 Å². The van der Waals surface area contributed by atoms with Gasteiger partial charge in [0.15, 0.2) is 6.04 Å². The second-order valence-corrected chi connectivity index (χ2v) is 15.4. The Labute approximate surface area is 314 Å². The SMILES string of the molecule is NCC1CCN(C(=O)C(NS(=O)(=O)c2ccc3cc(OC4CCCC4)ccc3c2)C(F)(F)c2ccc(-c3ccc(Cl)cc3)cc2)CC1.O=C(O)C(F)(F)F. The van der Waals surface area contributed by atoms with Crippen molar-refractivity contribution in [2.75, 3.05) is 19.6 Å². The molecule has 1 aliphatic heterocycles. The van der Waals surface area contributed by atoms with E-state index in [1.165, 1.54) is 41.3 Å². The number of carbonyl (C=O) groups excluding carboxylic acids is 1. The highest BCUT2D eigenvalue weighted by atomic mass is 35.5. The van der Waals surface area contributed by atoms with Crippen LogP contribution in [-0.4, -0.2) is 68.3 Å². The first-order valence-electron chi connectivity index (χ1n) is 17.2. The highest BCUT2D eigenvalue weighted by Crippen LogP contribution is 2.36. The van der Waals surface area contributed by atoms with Crippen molar-refractivity contribution in [3.05, 3.63) is 95.5 Å². The number of carboxylic acid groups (broad SMARTS) is 1. The molecular weight excluding hydrogens is 757 g/mol. The zero-order valence-electron chi connectivity index (χ0n) is 28.9. The second-order valence-electron chi connectivity index (χ2n) is 13.3. The molecule has 2 fully saturated rings. The van der Waals surface area contributed by atoms with Gasteiger partial charge in [-0.3, -0.25) is 4.79 Å². The number of nitrogens with one attached hydrogen (secondary N) is 1. The molecule has 290 valence electrons. The Morgan fingerprint density at radius 3 is 1.94 bits per heavy atom. The number of ether oxygens (including phenoxy) is 1. The summed E-state index contributed by atoms with van der Waals surface area (Å²) in [6.07, 6.45) is 0.472. The number of piperidine rings is 1. The van der Waals surface area contributed by atoms with Crippen LogP contribution in [-0.2, 0) is 25.5 Å². The molecule has 1 saturated heterocycles. The number of nitrogens with two attached hydrogens (primary N) is 1. The van der Waals surface area contributed by atoms with Crippen LogP contribution in [0.1, 0.15) is 44.1 Å². The number of hydrogen-bond donors (Lipinski definition) is 3. The van der Waals surface area contributed by atoms with Gasteiger partial charge in [0, 0.05) is 23.7 Å². The Kier molecular flexibility index (Phi) is 12.9. The molecular formula is C38H39ClF5N3O6S. The number of rotatable bonds is 10. The quantitative estimate of drug-likeness (QED) is 0.140. The smallest absolute Gasteiger partial charge is 0.490 e. The normalized spacial score (nSPS) is 16.5. The van der Waals surface area contributed by atoms with Crippen LogP contribution in [0.3, 0.4) is 0 Å². The van der Waals surface area contributed by atoms with Gasteiger partial charge in [0.25, 0.3) is 5.92 Å². The van der Waals surface area contributed by atoms with Crippen LogP contribution in [0.25, 0.3) is 21.9 Å². The molecule has 0 spiro atoms. The Morgan fingerprint density at radius 2 is 1.39 bits per heavy atom. The van der Waals surface area contributed by atoms with E-state index >= 15 is 8.78 Å². The Morgan fingerprint density at radius 1 is 0.852 bits per heavy atom. The lowest BCUT2D eigenvalue weighted by atomic mass is 9.94. The summed E-state index contributed by atoms with van der Waals surface area (Å²) in [7, 11) is -4.57. The number of aliphatic carboxylic acids is 1. The Hall–Kier alpha value is -4.31. The molecule has 6 rings (SSSR count). The van der Waals surface area contributed by atoms with Crippen molar-refractivity contribution in [3.63, 3.8) is 0 Å². The van der Waals surface area contributed by atoms with Crippen LogP contribution in [0.2, 0.25) is 5.02 Å². The predicted octanol–water partition coefficient (Wildman–Crippen LogP) is 7.75. The zero-order valence-corrected chi connectivity index (χ0v) is 30.4. The number of alkyl halides is 5. The van der Waals surface area contributed by atoms with Crippen LogP contribution >= 0.6 is 11.6 Å². The number of likely N-dealkylation sites (tertiary alicyclic amines) is 1. The number of fused-ring (bicyclic) bond motifs is 1. The summed E-state index contributed by atoms with van der Waals surface area (Å²) in [5.74, 6) is -6.74. The van der Waals surface area contributed by atoms with Crippen LogP contribution in [0.4, 0.5) is 22.0 Å². The van der Waals surface area contributed by atoms with Crippen molar-refractivity contribution in [2.45, 2.75) is 67.7 Å². The van der Waals surface area contributed by atoms with Gasteiger partial charge in [-0.1, -0.05) is 60.1 Å². The summed E-state index contributed by atoms with van der Waals surface area (Å²) in [5.41, 5.74) is 6.75. The minimum absolute atomic E-state index is 0.169. The van der Waals surface area contributed by atoms with Gasteiger partial charge >= 0.3 is 12.1 Å². The number of carboxylic acids is 1. The summed E-state index contributed by atoms with van der Waals surface area (Å²) in [4.78, 5) is 23.8. The maximum atomic E-state index is 16.4. The number of benzene rings is 4. The molecule has 1 atom stereocenters. The standard InChI is InChI=1S/C36H38ClF2N3O4S.C2HF3O2/c37-30-13-7-26(8-14-30)25-5-11-29(12-6-25)36(38,39)34(35(43)42-19-17-24(23-40)18-20-42)41-47(44,45)33-16-10-27-21-32(15-9-28(27)22-33)46-31-3-1-2-4-31;3-2(4,5)1(6)7/h5-16,21-22,24,31,34,41H,1-4,17-20,23,40H2;(H,6,7). The molecule has 9 nitrogen and oxygen atoms in total. The molecule has 4 N–H and O–H groups in total. The van der Waals surface area contributed by atoms with E-state index in [0.717, 1.165) is 36.6 Å². The van der Waals surface area contributed by atoms with E-state index in [4.69, 9.17) is 32.0 Å². The number of nitrogens with zero attached hydrogens (tertiary/aromatic N) is 1. The average Bonchev–Trinajstić information content (AvgIpc) is 3.66. The molecule has 1 amide bonds. The van der Waals surface area contributed by atoms with Crippen molar-refractivity contribution in [1.29, 1.82) is 0 Å². The van der Waals surface area contributed by atoms with Gasteiger partial charge in [-0.05, 0) is 109 Å². The average molecular weight is 796 g/mol. The van der Waals surface area contributed by atoms with Crippen LogP contribution in [0, 0.1) is 5.92 Å². The van der Waals surface area contributed by atoms with E-state index in [1.807, 2.05) is 6.07 Å². The first-order valence-corrected chi connectivity index (χ1v) is 19.1. The Balaban J connectivity index is 0.000000730. The number of halogens is 6. The highest BCUT2D eigenvalue weighted by Gasteiger charge is 2.50. The molecule has 16 heteroatoms. The Bertz CT molecular complexity index is 2040. The molecule has 1 saturated carbocycles. The molecule has 1 heterocycles. The van der Waals surface area contributed by atoms with Gasteiger partial charge in [0.2, 0.25) is 15.9 Å². The summed E-state index contributed by atoms with van der Waals surface area (Å²) >= 11 is 5.99. The lowest BCUT2D eigenvalue weighted by Gasteiger charge is -2.36. The minimum Gasteiger partial charge on any atom is -0.490 e.